The molecule has 2 nitrogen and oxygen atoms in total. The fourth-order valence-electron chi connectivity index (χ4n) is 1.21. The highest BCUT2D eigenvalue weighted by atomic mass is 16.5. The van der Waals surface area contributed by atoms with E-state index in [-0.39, 0.29) is 0 Å². The molecule has 0 aromatic carbocycles. The van der Waals surface area contributed by atoms with Gasteiger partial charge in [0, 0.05) is 12.8 Å². The number of nitrogens with zero attached hydrogens (tertiary/aromatic N) is 1. The predicted molar refractivity (Wildman–Crippen MR) is 54.0 cm³/mol. The summed E-state index contributed by atoms with van der Waals surface area (Å²) in [6, 6.07) is 0.316. The largest absolute Gasteiger partial charge is 0.382 e. The van der Waals surface area contributed by atoms with Gasteiger partial charge < -0.3 is 4.74 Å². The average Bonchev–Trinajstić information content (AvgIpc) is 2.04. The molecule has 0 aromatic heterocycles. The quantitative estimate of drug-likeness (QED) is 0.563. The van der Waals surface area contributed by atoms with Crippen LogP contribution in [0, 0.1) is 0 Å². The van der Waals surface area contributed by atoms with Crippen molar-refractivity contribution in [3.05, 3.63) is 0 Å². The van der Waals surface area contributed by atoms with Crippen LogP contribution in [0.25, 0.3) is 0 Å². The van der Waals surface area contributed by atoms with Crippen molar-refractivity contribution >= 4 is 5.71 Å². The third kappa shape index (κ3) is 5.30. The highest BCUT2D eigenvalue weighted by Gasteiger charge is 2.00. The van der Waals surface area contributed by atoms with Gasteiger partial charge in [-0.15, -0.1) is 0 Å². The molecule has 0 bridgehead atoms. The van der Waals surface area contributed by atoms with Crippen molar-refractivity contribution in [2.24, 2.45) is 4.99 Å². The second-order valence-electron chi connectivity index (χ2n) is 3.10. The van der Waals surface area contributed by atoms with E-state index in [2.05, 4.69) is 25.8 Å². The molecule has 2 heteroatoms. The van der Waals surface area contributed by atoms with Gasteiger partial charge in [-0.2, -0.15) is 0 Å². The molecule has 0 aliphatic carbocycles. The molecule has 0 saturated heterocycles. The smallest absolute Gasteiger partial charge is 0.0704 e. The number of hydrogen-bond acceptors (Lipinski definition) is 2. The summed E-state index contributed by atoms with van der Waals surface area (Å²) in [5.74, 6) is 0. The van der Waals surface area contributed by atoms with E-state index >= 15 is 0 Å². The lowest BCUT2D eigenvalue weighted by Gasteiger charge is -2.08. The summed E-state index contributed by atoms with van der Waals surface area (Å²) in [6.07, 6.45) is 3.39. The lowest BCUT2D eigenvalue weighted by Crippen LogP contribution is -2.10. The first-order chi connectivity index (χ1) is 5.74. The van der Waals surface area contributed by atoms with Gasteiger partial charge in [-0.25, -0.2) is 0 Å². The molecule has 0 rings (SSSR count). The summed E-state index contributed by atoms with van der Waals surface area (Å²) in [5, 5.41) is 0. The first-order valence-electron chi connectivity index (χ1n) is 4.79. The Labute approximate surface area is 76.0 Å². The van der Waals surface area contributed by atoms with E-state index in [1.807, 2.05) is 0 Å². The van der Waals surface area contributed by atoms with Crippen LogP contribution in [-0.2, 0) is 4.74 Å². The molecule has 0 heterocycles. The molecule has 0 aliphatic heterocycles. The van der Waals surface area contributed by atoms with Crippen LogP contribution in [0.2, 0.25) is 0 Å². The van der Waals surface area contributed by atoms with Crippen LogP contribution in [0.15, 0.2) is 4.99 Å². The van der Waals surface area contributed by atoms with Crippen molar-refractivity contribution in [1.29, 1.82) is 0 Å². The number of hydrogen-bond donors (Lipinski definition) is 0. The Morgan fingerprint density at radius 2 is 2.08 bits per heavy atom. The van der Waals surface area contributed by atoms with Crippen molar-refractivity contribution in [3.8, 4) is 0 Å². The fourth-order valence-corrected chi connectivity index (χ4v) is 1.21. The summed E-state index contributed by atoms with van der Waals surface area (Å²) in [6.45, 7) is 7.17. The first-order valence-corrected chi connectivity index (χ1v) is 4.79. The summed E-state index contributed by atoms with van der Waals surface area (Å²) in [7, 11) is 1.72. The third-order valence-corrected chi connectivity index (χ3v) is 1.76. The maximum absolute atomic E-state index is 5.02. The zero-order chi connectivity index (χ0) is 9.40. The van der Waals surface area contributed by atoms with Gasteiger partial charge in [0.2, 0.25) is 0 Å². The molecular formula is C10H21NO. The van der Waals surface area contributed by atoms with Crippen molar-refractivity contribution in [1.82, 2.24) is 0 Å². The average molecular weight is 171 g/mol. The SMILES string of the molecule is CCCC(CC)=N[C@@H](C)COC. The van der Waals surface area contributed by atoms with Crippen molar-refractivity contribution in [2.45, 2.75) is 46.1 Å². The monoisotopic (exact) mass is 171 g/mol. The number of methoxy groups -OCH3 is 1. The van der Waals surface area contributed by atoms with Crippen LogP contribution in [0.3, 0.4) is 0 Å². The minimum Gasteiger partial charge on any atom is -0.382 e. The molecule has 0 radical (unpaired) electrons. The number of aliphatic imine (C=N–C) groups is 1. The topological polar surface area (TPSA) is 21.6 Å². The summed E-state index contributed by atoms with van der Waals surface area (Å²) < 4.78 is 5.02. The molecular weight excluding hydrogens is 150 g/mol. The van der Waals surface area contributed by atoms with Crippen LogP contribution in [0.1, 0.15) is 40.0 Å². The van der Waals surface area contributed by atoms with Crippen LogP contribution >= 0.6 is 0 Å². The van der Waals surface area contributed by atoms with Gasteiger partial charge in [0.25, 0.3) is 0 Å². The fraction of sp³-hybridized carbons (Fsp3) is 0.900. The Kier molecular flexibility index (Phi) is 7.06. The van der Waals surface area contributed by atoms with Gasteiger partial charge in [-0.3, -0.25) is 4.99 Å². The normalized spacial score (nSPS) is 14.8. The first kappa shape index (κ1) is 11.6. The predicted octanol–water partition coefficient (Wildman–Crippen LogP) is 2.67. The van der Waals surface area contributed by atoms with Crippen molar-refractivity contribution in [3.63, 3.8) is 0 Å². The zero-order valence-electron chi connectivity index (χ0n) is 8.76. The van der Waals surface area contributed by atoms with Gasteiger partial charge in [0.1, 0.15) is 0 Å². The lowest BCUT2D eigenvalue weighted by atomic mass is 10.2. The lowest BCUT2D eigenvalue weighted by molar-refractivity contribution is 0.185. The van der Waals surface area contributed by atoms with E-state index in [9.17, 15) is 0 Å². The molecule has 0 spiro atoms. The second-order valence-corrected chi connectivity index (χ2v) is 3.10. The van der Waals surface area contributed by atoms with Gasteiger partial charge in [-0.05, 0) is 19.8 Å². The highest BCUT2D eigenvalue weighted by Crippen LogP contribution is 2.00. The molecule has 0 unspecified atom stereocenters. The summed E-state index contributed by atoms with van der Waals surface area (Å²) >= 11 is 0. The summed E-state index contributed by atoms with van der Waals surface area (Å²) in [5.41, 5.74) is 1.32. The Hall–Kier alpha value is -0.370. The third-order valence-electron chi connectivity index (χ3n) is 1.76. The maximum Gasteiger partial charge on any atom is 0.0704 e. The van der Waals surface area contributed by atoms with Gasteiger partial charge in [-0.1, -0.05) is 20.3 Å². The molecule has 12 heavy (non-hydrogen) atoms. The maximum atomic E-state index is 5.02. The van der Waals surface area contributed by atoms with Crippen LogP contribution < -0.4 is 0 Å². The van der Waals surface area contributed by atoms with Crippen molar-refractivity contribution < 1.29 is 4.74 Å². The molecule has 0 saturated carbocycles. The molecule has 0 fully saturated rings. The van der Waals surface area contributed by atoms with Gasteiger partial charge in [0.15, 0.2) is 0 Å². The molecule has 72 valence electrons. The minimum absolute atomic E-state index is 0.316. The summed E-state index contributed by atoms with van der Waals surface area (Å²) in [4.78, 5) is 4.57. The van der Waals surface area contributed by atoms with Crippen LogP contribution in [0.5, 0.6) is 0 Å². The number of rotatable bonds is 6. The van der Waals surface area contributed by atoms with E-state index in [4.69, 9.17) is 4.74 Å². The molecule has 0 N–H and O–H groups in total. The molecule has 0 aliphatic rings. The Morgan fingerprint density at radius 3 is 2.50 bits per heavy atom. The number of ether oxygens (including phenoxy) is 1. The van der Waals surface area contributed by atoms with Crippen LogP contribution in [-0.4, -0.2) is 25.5 Å². The Morgan fingerprint density at radius 1 is 1.42 bits per heavy atom. The zero-order valence-corrected chi connectivity index (χ0v) is 8.76. The van der Waals surface area contributed by atoms with E-state index in [1.165, 1.54) is 12.1 Å². The molecule has 1 atom stereocenters. The van der Waals surface area contributed by atoms with Crippen LogP contribution in [0.4, 0.5) is 0 Å². The van der Waals surface area contributed by atoms with Crippen molar-refractivity contribution in [2.75, 3.05) is 13.7 Å². The van der Waals surface area contributed by atoms with E-state index in [0.29, 0.717) is 6.04 Å². The van der Waals surface area contributed by atoms with Gasteiger partial charge in [0.05, 0.1) is 12.6 Å². The van der Waals surface area contributed by atoms with E-state index < -0.39 is 0 Å². The Bertz CT molecular complexity index is 132. The Balaban J connectivity index is 3.88. The van der Waals surface area contributed by atoms with E-state index in [1.54, 1.807) is 7.11 Å². The minimum atomic E-state index is 0.316. The molecule has 0 aromatic rings. The molecule has 0 amide bonds. The second kappa shape index (κ2) is 7.29. The highest BCUT2D eigenvalue weighted by molar-refractivity contribution is 5.84. The standard InChI is InChI=1S/C10H21NO/c1-5-7-10(6-2)11-9(3)8-12-4/h9H,5-8H2,1-4H3/t9-/m0/s1. The van der Waals surface area contributed by atoms with Gasteiger partial charge >= 0.3 is 0 Å². The van der Waals surface area contributed by atoms with E-state index in [0.717, 1.165) is 19.4 Å².